The first-order valence-electron chi connectivity index (χ1n) is 31.5. The van der Waals surface area contributed by atoms with Crippen LogP contribution in [0.15, 0.2) is 176 Å². The van der Waals surface area contributed by atoms with Crippen molar-refractivity contribution in [2.24, 2.45) is 28.1 Å². The lowest BCUT2D eigenvalue weighted by molar-refractivity contribution is -0.130. The highest BCUT2D eigenvalue weighted by molar-refractivity contribution is 5.96. The van der Waals surface area contributed by atoms with E-state index in [1.807, 2.05) is 57.2 Å². The zero-order valence-corrected chi connectivity index (χ0v) is 54.4. The third-order valence-corrected chi connectivity index (χ3v) is 17.4. The van der Waals surface area contributed by atoms with Crippen LogP contribution in [0.1, 0.15) is 246 Å². The summed E-state index contributed by atoms with van der Waals surface area (Å²) in [6.45, 7) is 34.4. The van der Waals surface area contributed by atoms with E-state index in [0.29, 0.717) is 44.9 Å². The molecule has 0 aromatic heterocycles. The Labute approximate surface area is 500 Å². The largest absolute Gasteiger partial charge is 0.300 e. The average Bonchev–Trinajstić information content (AvgIpc) is 3.52. The van der Waals surface area contributed by atoms with Crippen molar-refractivity contribution in [1.82, 2.24) is 0 Å². The molecule has 3 aliphatic rings. The maximum atomic E-state index is 14.2. The molecule has 0 saturated heterocycles. The Morgan fingerprint density at radius 2 is 0.732 bits per heavy atom. The van der Waals surface area contributed by atoms with Crippen LogP contribution in [0.2, 0.25) is 0 Å². The van der Waals surface area contributed by atoms with E-state index in [-0.39, 0.29) is 58.0 Å². The van der Waals surface area contributed by atoms with Gasteiger partial charge in [0.05, 0.1) is 0 Å². The molecule has 2 unspecified atom stereocenters. The van der Waals surface area contributed by atoms with E-state index >= 15 is 0 Å². The molecule has 0 heterocycles. The molecule has 3 aliphatic carbocycles. The number of hydrogen-bond donors (Lipinski definition) is 0. The maximum absolute atomic E-state index is 14.2. The third kappa shape index (κ3) is 26.8. The smallest absolute Gasteiger partial charge is 0.156 e. The highest BCUT2D eigenvalue weighted by Gasteiger charge is 2.29. The Balaban J connectivity index is 1.60. The van der Waals surface area contributed by atoms with Crippen molar-refractivity contribution in [3.05, 3.63) is 176 Å². The third-order valence-electron chi connectivity index (χ3n) is 17.4. The number of Topliss-reactive ketones (excluding diaryl/α,β-unsaturated/α-hetero) is 2. The fourth-order valence-corrected chi connectivity index (χ4v) is 12.2. The number of carbonyl (C=O) groups excluding carboxylic acids is 5. The highest BCUT2D eigenvalue weighted by Crippen LogP contribution is 2.43. The molecule has 0 aliphatic heterocycles. The molecule has 2 atom stereocenters. The number of rotatable bonds is 33. The predicted octanol–water partition coefficient (Wildman–Crippen LogP) is 21.4. The number of carbonyl (C=O) groups is 5. The fraction of sp³-hybridized carbons (Fsp3) is 0.545. The first-order valence-corrected chi connectivity index (χ1v) is 31.5. The second-order valence-corrected chi connectivity index (χ2v) is 26.7. The maximum Gasteiger partial charge on any atom is 0.156 e. The van der Waals surface area contributed by atoms with Gasteiger partial charge in [-0.2, -0.15) is 0 Å². The van der Waals surface area contributed by atoms with Gasteiger partial charge in [0.2, 0.25) is 0 Å². The SMILES string of the molecule is CC(=O)C(CCCCCC(=O)/C=C(C)/C=C/C=C(C)/C=C/C1=C(C)CCCC1(C)C)CC(=O)C(CCCCCC(=O)/C=C(C)/C=C/C=C(C)/C=C/C1=C(C)CCCC1(C)C)CC(=O)/C=C(C)/C=C/C=C(C)/C=C/C1=C(C)CCCC1(C)C. The van der Waals surface area contributed by atoms with Gasteiger partial charge in [-0.25, -0.2) is 0 Å². The molecule has 82 heavy (non-hydrogen) atoms. The molecule has 0 amide bonds. The van der Waals surface area contributed by atoms with Gasteiger partial charge in [0, 0.05) is 37.5 Å². The van der Waals surface area contributed by atoms with Gasteiger partial charge in [-0.3, -0.25) is 24.0 Å². The minimum Gasteiger partial charge on any atom is -0.300 e. The molecule has 5 nitrogen and oxygen atoms in total. The Kier molecular flexibility index (Phi) is 30.7. The van der Waals surface area contributed by atoms with Crippen LogP contribution >= 0.6 is 0 Å². The van der Waals surface area contributed by atoms with Crippen LogP contribution in [0.25, 0.3) is 0 Å². The molecular weight excluding hydrogens is 1000 g/mol. The summed E-state index contributed by atoms with van der Waals surface area (Å²) in [5.74, 6) is -0.981. The molecule has 0 aromatic rings. The van der Waals surface area contributed by atoms with Crippen LogP contribution in [0.4, 0.5) is 0 Å². The first kappa shape index (κ1) is 70.7. The lowest BCUT2D eigenvalue weighted by atomic mass is 9.72. The monoisotopic (exact) mass is 1110 g/mol. The number of allylic oxidation sites excluding steroid dienone is 30. The molecule has 448 valence electrons. The van der Waals surface area contributed by atoms with Crippen LogP contribution in [-0.4, -0.2) is 28.9 Å². The van der Waals surface area contributed by atoms with Crippen molar-refractivity contribution in [1.29, 1.82) is 0 Å². The standard InChI is InChI=1S/C77H110O5/c1-56(42-45-71-62(7)35-26-48-75(71,11)12)29-23-32-59(4)51-68(79)40-21-17-19-38-66(65(10)78)55-74(82)67(54-70(81)53-61(6)34-25-31-58(3)44-47-73-64(9)37-28-50-77(73,15)16)39-20-18-22-41-69(80)52-60(5)33-24-30-57(2)43-46-72-63(8)36-27-49-76(72,13)14/h23-25,29-34,42-47,51-53,66-67H,17-22,26-28,35-41,48-50,54-55H2,1-16H3/b32-23+,33-24+,34-25+,45-42+,46-43+,47-44+,56-29+,57-30+,58-31+,59-51+,60-52+,61-53+. The van der Waals surface area contributed by atoms with E-state index in [2.05, 4.69) is 138 Å². The molecule has 0 aromatic carbocycles. The van der Waals surface area contributed by atoms with Crippen molar-refractivity contribution in [3.8, 4) is 0 Å². The van der Waals surface area contributed by atoms with Gasteiger partial charge in [-0.1, -0.05) is 192 Å². The van der Waals surface area contributed by atoms with Gasteiger partial charge in [-0.05, 0) is 221 Å². The Morgan fingerprint density at radius 1 is 0.402 bits per heavy atom. The van der Waals surface area contributed by atoms with E-state index in [0.717, 1.165) is 59.1 Å². The predicted molar refractivity (Wildman–Crippen MR) is 351 cm³/mol. The zero-order chi connectivity index (χ0) is 61.0. The zero-order valence-electron chi connectivity index (χ0n) is 54.4. The molecule has 0 bridgehead atoms. The molecule has 0 spiro atoms. The van der Waals surface area contributed by atoms with Gasteiger partial charge in [0.25, 0.3) is 0 Å². The van der Waals surface area contributed by atoms with E-state index in [1.54, 1.807) is 25.2 Å². The van der Waals surface area contributed by atoms with Gasteiger partial charge in [0.1, 0.15) is 11.6 Å². The molecule has 5 heteroatoms. The van der Waals surface area contributed by atoms with Gasteiger partial charge >= 0.3 is 0 Å². The lowest BCUT2D eigenvalue weighted by Crippen LogP contribution is -2.24. The Hall–Kier alpha value is -5.55. The quantitative estimate of drug-likeness (QED) is 0.0371. The molecule has 3 rings (SSSR count). The Bertz CT molecular complexity index is 2720. The topological polar surface area (TPSA) is 85.3 Å². The van der Waals surface area contributed by atoms with Crippen molar-refractivity contribution >= 4 is 28.9 Å². The van der Waals surface area contributed by atoms with Gasteiger partial charge < -0.3 is 0 Å². The lowest BCUT2D eigenvalue weighted by Gasteiger charge is -2.33. The van der Waals surface area contributed by atoms with E-state index in [4.69, 9.17) is 0 Å². The summed E-state index contributed by atoms with van der Waals surface area (Å²) in [4.78, 5) is 66.7. The van der Waals surface area contributed by atoms with Gasteiger partial charge in [0.15, 0.2) is 17.3 Å². The van der Waals surface area contributed by atoms with Crippen LogP contribution in [0, 0.1) is 28.1 Å². The Morgan fingerprint density at radius 3 is 1.06 bits per heavy atom. The summed E-state index contributed by atoms with van der Waals surface area (Å²) in [6, 6.07) is 0. The summed E-state index contributed by atoms with van der Waals surface area (Å²) >= 11 is 0. The molecule has 0 saturated carbocycles. The summed E-state index contributed by atoms with van der Waals surface area (Å²) in [5, 5.41) is 0. The van der Waals surface area contributed by atoms with Crippen LogP contribution < -0.4 is 0 Å². The summed E-state index contributed by atoms with van der Waals surface area (Å²) in [6.07, 6.45) is 53.8. The second-order valence-electron chi connectivity index (χ2n) is 26.7. The molecular formula is C77H110O5. The first-order chi connectivity index (χ1) is 38.6. The number of hydrogen-bond acceptors (Lipinski definition) is 5. The molecule has 0 fully saturated rings. The van der Waals surface area contributed by atoms with Crippen LogP contribution in [0.5, 0.6) is 0 Å². The molecule has 0 radical (unpaired) electrons. The minimum absolute atomic E-state index is 0.0236. The summed E-state index contributed by atoms with van der Waals surface area (Å²) < 4.78 is 0. The van der Waals surface area contributed by atoms with E-state index < -0.39 is 11.8 Å². The summed E-state index contributed by atoms with van der Waals surface area (Å²) in [7, 11) is 0. The van der Waals surface area contributed by atoms with Gasteiger partial charge in [-0.15, -0.1) is 0 Å². The summed E-state index contributed by atoms with van der Waals surface area (Å²) in [5.41, 5.74) is 15.4. The van der Waals surface area contributed by atoms with Crippen LogP contribution in [-0.2, 0) is 24.0 Å². The number of unbranched alkanes of at least 4 members (excludes halogenated alkanes) is 4. The van der Waals surface area contributed by atoms with Crippen molar-refractivity contribution in [2.45, 2.75) is 246 Å². The number of ketones is 5. The second kappa shape index (κ2) is 35.6. The molecule has 0 N–H and O–H groups in total. The van der Waals surface area contributed by atoms with Crippen molar-refractivity contribution in [3.63, 3.8) is 0 Å². The van der Waals surface area contributed by atoms with E-state index in [1.165, 1.54) is 84.8 Å². The van der Waals surface area contributed by atoms with E-state index in [9.17, 15) is 24.0 Å². The fourth-order valence-electron chi connectivity index (χ4n) is 12.2. The van der Waals surface area contributed by atoms with Crippen LogP contribution in [0.3, 0.4) is 0 Å². The normalized spacial score (nSPS) is 19.8. The highest BCUT2D eigenvalue weighted by atomic mass is 16.1. The van der Waals surface area contributed by atoms with Crippen molar-refractivity contribution in [2.75, 3.05) is 0 Å². The average molecular weight is 1120 g/mol. The minimum atomic E-state index is -0.519. The van der Waals surface area contributed by atoms with Crippen molar-refractivity contribution < 1.29 is 24.0 Å².